The van der Waals surface area contributed by atoms with Gasteiger partial charge in [0, 0.05) is 6.04 Å². The number of alkyl carbamates (subject to hydrolysis) is 1. The molecule has 0 heterocycles. The molecule has 0 bridgehead atoms. The zero-order valence-electron chi connectivity index (χ0n) is 14.8. The van der Waals surface area contributed by atoms with Crippen LogP contribution >= 0.6 is 0 Å². The Morgan fingerprint density at radius 3 is 2.17 bits per heavy atom. The first-order valence-electron chi connectivity index (χ1n) is 7.80. The van der Waals surface area contributed by atoms with E-state index in [2.05, 4.69) is 17.0 Å². The quantitative estimate of drug-likeness (QED) is 0.836. The second kappa shape index (κ2) is 7.99. The fourth-order valence-corrected chi connectivity index (χ4v) is 2.30. The Kier molecular flexibility index (Phi) is 6.61. The minimum atomic E-state index is -0.501. The summed E-state index contributed by atoms with van der Waals surface area (Å²) in [7, 11) is 1.36. The fourth-order valence-electron chi connectivity index (χ4n) is 2.30. The molecule has 0 saturated heterocycles. The van der Waals surface area contributed by atoms with Crippen LogP contribution in [0, 0.1) is 0 Å². The summed E-state index contributed by atoms with van der Waals surface area (Å²) >= 11 is 0. The predicted octanol–water partition coefficient (Wildman–Crippen LogP) is 3.88. The van der Waals surface area contributed by atoms with E-state index < -0.39 is 11.7 Å². The Hall–Kier alpha value is -2.04. The van der Waals surface area contributed by atoms with Gasteiger partial charge in [0.05, 0.1) is 12.7 Å². The van der Waals surface area contributed by atoms with Crippen LogP contribution in [0.25, 0.3) is 0 Å². The van der Waals surface area contributed by atoms with Crippen molar-refractivity contribution in [3.8, 4) is 0 Å². The summed E-state index contributed by atoms with van der Waals surface area (Å²) in [5, 5.41) is 2.84. The molecule has 1 rings (SSSR count). The van der Waals surface area contributed by atoms with Gasteiger partial charge in [0.2, 0.25) is 0 Å². The Labute approximate surface area is 138 Å². The number of carbonyl (C=O) groups is 2. The lowest BCUT2D eigenvalue weighted by molar-refractivity contribution is 0.0504. The maximum absolute atomic E-state index is 11.8. The average molecular weight is 321 g/mol. The highest BCUT2D eigenvalue weighted by Crippen LogP contribution is 2.21. The van der Waals surface area contributed by atoms with Crippen molar-refractivity contribution in [2.24, 2.45) is 0 Å². The summed E-state index contributed by atoms with van der Waals surface area (Å²) in [5.74, 6) is -0.101. The highest BCUT2D eigenvalue weighted by Gasteiger charge is 2.19. The SMILES string of the molecule is COC(=O)c1ccc(C(C)CC(C)NC(=O)OC(C)(C)C)cc1. The van der Waals surface area contributed by atoms with Gasteiger partial charge in [-0.2, -0.15) is 0 Å². The summed E-state index contributed by atoms with van der Waals surface area (Å²) in [5.41, 5.74) is 1.14. The van der Waals surface area contributed by atoms with Crippen LogP contribution in [0.1, 0.15) is 62.9 Å². The van der Waals surface area contributed by atoms with E-state index in [-0.39, 0.29) is 17.9 Å². The van der Waals surface area contributed by atoms with Gasteiger partial charge in [-0.3, -0.25) is 0 Å². The standard InChI is InChI=1S/C18H27NO4/c1-12(11-13(2)19-17(21)23-18(3,4)5)14-7-9-15(10-8-14)16(20)22-6/h7-10,12-13H,11H2,1-6H3,(H,19,21). The largest absolute Gasteiger partial charge is 0.465 e. The molecule has 5 nitrogen and oxygen atoms in total. The molecule has 128 valence electrons. The number of esters is 1. The summed E-state index contributed by atoms with van der Waals surface area (Å²) in [6.45, 7) is 9.54. The lowest BCUT2D eigenvalue weighted by Gasteiger charge is -2.23. The van der Waals surface area contributed by atoms with Gasteiger partial charge >= 0.3 is 12.1 Å². The van der Waals surface area contributed by atoms with Gasteiger partial charge in [0.15, 0.2) is 0 Å². The molecule has 5 heteroatoms. The van der Waals surface area contributed by atoms with Gasteiger partial charge in [0.1, 0.15) is 5.60 Å². The van der Waals surface area contributed by atoms with Gasteiger partial charge < -0.3 is 14.8 Å². The number of rotatable bonds is 5. The number of benzene rings is 1. The van der Waals surface area contributed by atoms with Crippen molar-refractivity contribution < 1.29 is 19.1 Å². The summed E-state index contributed by atoms with van der Waals surface area (Å²) < 4.78 is 9.93. The van der Waals surface area contributed by atoms with E-state index in [4.69, 9.17) is 4.74 Å². The fraction of sp³-hybridized carbons (Fsp3) is 0.556. The molecule has 1 aromatic carbocycles. The van der Waals surface area contributed by atoms with Crippen LogP contribution in [-0.2, 0) is 9.47 Å². The molecule has 0 aliphatic carbocycles. The molecule has 0 spiro atoms. The minimum absolute atomic E-state index is 0.0138. The van der Waals surface area contributed by atoms with Crippen LogP contribution < -0.4 is 5.32 Å². The average Bonchev–Trinajstić information content (AvgIpc) is 2.44. The summed E-state index contributed by atoms with van der Waals surface area (Å²) in [6, 6.07) is 7.32. The van der Waals surface area contributed by atoms with Crippen molar-refractivity contribution in [3.05, 3.63) is 35.4 Å². The van der Waals surface area contributed by atoms with E-state index in [1.807, 2.05) is 39.8 Å². The third-order valence-electron chi connectivity index (χ3n) is 3.37. The van der Waals surface area contributed by atoms with Gasteiger partial charge in [-0.05, 0) is 57.7 Å². The molecule has 0 aliphatic heterocycles. The molecule has 1 N–H and O–H groups in total. The molecule has 0 saturated carbocycles. The summed E-state index contributed by atoms with van der Waals surface area (Å²) in [6.07, 6.45) is 0.370. The Morgan fingerprint density at radius 1 is 1.13 bits per heavy atom. The first kappa shape index (κ1) is 19.0. The van der Waals surface area contributed by atoms with Crippen molar-refractivity contribution in [2.45, 2.75) is 58.6 Å². The number of nitrogens with one attached hydrogen (secondary N) is 1. The third kappa shape index (κ3) is 6.72. The highest BCUT2D eigenvalue weighted by molar-refractivity contribution is 5.89. The first-order chi connectivity index (χ1) is 10.6. The Bertz CT molecular complexity index is 531. The van der Waals surface area contributed by atoms with E-state index in [0.717, 1.165) is 12.0 Å². The highest BCUT2D eigenvalue weighted by atomic mass is 16.6. The van der Waals surface area contributed by atoms with Gasteiger partial charge in [-0.15, -0.1) is 0 Å². The van der Waals surface area contributed by atoms with Crippen LogP contribution in [0.3, 0.4) is 0 Å². The van der Waals surface area contributed by atoms with Crippen molar-refractivity contribution in [1.29, 1.82) is 0 Å². The van der Waals surface area contributed by atoms with Gasteiger partial charge in [0.25, 0.3) is 0 Å². The lowest BCUT2D eigenvalue weighted by Crippen LogP contribution is -2.38. The number of methoxy groups -OCH3 is 1. The molecular weight excluding hydrogens is 294 g/mol. The molecule has 0 aliphatic rings. The number of amides is 1. The van der Waals surface area contributed by atoms with Crippen LogP contribution in [0.2, 0.25) is 0 Å². The number of ether oxygens (including phenoxy) is 2. The first-order valence-corrected chi connectivity index (χ1v) is 7.80. The van der Waals surface area contributed by atoms with E-state index in [1.54, 1.807) is 12.1 Å². The van der Waals surface area contributed by atoms with Crippen LogP contribution in [0.15, 0.2) is 24.3 Å². The zero-order valence-corrected chi connectivity index (χ0v) is 14.8. The minimum Gasteiger partial charge on any atom is -0.465 e. The number of hydrogen-bond donors (Lipinski definition) is 1. The lowest BCUT2D eigenvalue weighted by atomic mass is 9.94. The predicted molar refractivity (Wildman–Crippen MR) is 89.6 cm³/mol. The summed E-state index contributed by atoms with van der Waals surface area (Å²) in [4.78, 5) is 23.2. The second-order valence-electron chi connectivity index (χ2n) is 6.80. The molecule has 0 fully saturated rings. The monoisotopic (exact) mass is 321 g/mol. The van der Waals surface area contributed by atoms with Gasteiger partial charge in [-0.25, -0.2) is 9.59 Å². The van der Waals surface area contributed by atoms with Crippen molar-refractivity contribution in [2.75, 3.05) is 7.11 Å². The van der Waals surface area contributed by atoms with E-state index in [1.165, 1.54) is 7.11 Å². The van der Waals surface area contributed by atoms with Crippen molar-refractivity contribution in [3.63, 3.8) is 0 Å². The topological polar surface area (TPSA) is 64.6 Å². The molecule has 2 atom stereocenters. The zero-order chi connectivity index (χ0) is 17.6. The van der Waals surface area contributed by atoms with Gasteiger partial charge in [-0.1, -0.05) is 19.1 Å². The van der Waals surface area contributed by atoms with Crippen molar-refractivity contribution in [1.82, 2.24) is 5.32 Å². The molecule has 1 aromatic rings. The van der Waals surface area contributed by atoms with E-state index in [9.17, 15) is 9.59 Å². The normalized spacial score (nSPS) is 13.8. The van der Waals surface area contributed by atoms with Crippen LogP contribution in [0.5, 0.6) is 0 Å². The van der Waals surface area contributed by atoms with Crippen LogP contribution in [-0.4, -0.2) is 30.8 Å². The third-order valence-corrected chi connectivity index (χ3v) is 3.37. The molecule has 23 heavy (non-hydrogen) atoms. The molecule has 0 aromatic heterocycles. The van der Waals surface area contributed by atoms with E-state index >= 15 is 0 Å². The Balaban J connectivity index is 2.56. The second-order valence-corrected chi connectivity index (χ2v) is 6.80. The maximum atomic E-state index is 11.8. The number of carbonyl (C=O) groups excluding carboxylic acids is 2. The smallest absolute Gasteiger partial charge is 0.407 e. The number of hydrogen-bond acceptors (Lipinski definition) is 4. The molecule has 1 amide bonds. The molecular formula is C18H27NO4. The molecule has 2 unspecified atom stereocenters. The molecule has 0 radical (unpaired) electrons. The Morgan fingerprint density at radius 2 is 1.70 bits per heavy atom. The van der Waals surface area contributed by atoms with Crippen molar-refractivity contribution >= 4 is 12.1 Å². The van der Waals surface area contributed by atoms with E-state index in [0.29, 0.717) is 5.56 Å². The van der Waals surface area contributed by atoms with Crippen LogP contribution in [0.4, 0.5) is 4.79 Å². The maximum Gasteiger partial charge on any atom is 0.407 e.